The molecule has 1 unspecified atom stereocenters. The monoisotopic (exact) mass is 343 g/mol. The van der Waals surface area contributed by atoms with Crippen LogP contribution in [0.25, 0.3) is 0 Å². The summed E-state index contributed by atoms with van der Waals surface area (Å²) < 4.78 is 5.14. The predicted octanol–water partition coefficient (Wildman–Crippen LogP) is 3.24. The van der Waals surface area contributed by atoms with Crippen LogP contribution in [0.5, 0.6) is 0 Å². The number of nitrogens with zero attached hydrogens (tertiary/aromatic N) is 1. The van der Waals surface area contributed by atoms with E-state index in [1.165, 1.54) is 5.56 Å². The van der Waals surface area contributed by atoms with Crippen LogP contribution in [-0.2, 0) is 11.2 Å². The zero-order chi connectivity index (χ0) is 16.9. The molecule has 3 N–H and O–H groups in total. The number of carbonyl (C=O) groups is 1. The normalized spacial score (nSPS) is 16.4. The summed E-state index contributed by atoms with van der Waals surface area (Å²) >= 11 is 5.82. The topological polar surface area (TPSA) is 76.7 Å². The molecular weight excluding hydrogens is 326 g/mol. The summed E-state index contributed by atoms with van der Waals surface area (Å²) in [6, 6.07) is 15.0. The first kappa shape index (κ1) is 16.3. The number of amides is 1. The number of hydrogen-bond donors (Lipinski definition) is 2. The van der Waals surface area contributed by atoms with Gasteiger partial charge in [0.05, 0.1) is 6.04 Å². The number of benzene rings is 2. The van der Waals surface area contributed by atoms with E-state index < -0.39 is 0 Å². The van der Waals surface area contributed by atoms with E-state index in [4.69, 9.17) is 22.1 Å². The maximum Gasteiger partial charge on any atom is 0.282 e. The molecule has 3 rings (SSSR count). The number of nitrogens with two attached hydrogens (primary N) is 1. The summed E-state index contributed by atoms with van der Waals surface area (Å²) in [6.45, 7) is 0.557. The van der Waals surface area contributed by atoms with Crippen molar-refractivity contribution in [3.05, 3.63) is 64.7 Å². The fraction of sp³-hybridized carbons (Fsp3) is 0.222. The van der Waals surface area contributed by atoms with Gasteiger partial charge in [0, 0.05) is 16.3 Å². The van der Waals surface area contributed by atoms with Crippen molar-refractivity contribution < 1.29 is 9.53 Å². The van der Waals surface area contributed by atoms with E-state index in [2.05, 4.69) is 10.3 Å². The van der Waals surface area contributed by atoms with Gasteiger partial charge in [0.2, 0.25) is 0 Å². The molecular formula is C18H18ClN3O2. The molecule has 0 fully saturated rings. The molecule has 1 aliphatic heterocycles. The number of anilines is 1. The van der Waals surface area contributed by atoms with Gasteiger partial charge in [0.25, 0.3) is 11.9 Å². The van der Waals surface area contributed by atoms with Gasteiger partial charge in [-0.2, -0.15) is 0 Å². The summed E-state index contributed by atoms with van der Waals surface area (Å²) in [4.78, 5) is 16.4. The van der Waals surface area contributed by atoms with Crippen LogP contribution in [0.1, 0.15) is 22.3 Å². The van der Waals surface area contributed by atoms with Gasteiger partial charge in [0.1, 0.15) is 6.61 Å². The van der Waals surface area contributed by atoms with Crippen molar-refractivity contribution in [3.63, 3.8) is 0 Å². The van der Waals surface area contributed by atoms with E-state index in [0.29, 0.717) is 17.2 Å². The summed E-state index contributed by atoms with van der Waals surface area (Å²) in [5.74, 6) is -0.160. The number of amidine groups is 1. The van der Waals surface area contributed by atoms with Crippen molar-refractivity contribution >= 4 is 29.2 Å². The molecule has 124 valence electrons. The highest BCUT2D eigenvalue weighted by molar-refractivity contribution is 6.30. The van der Waals surface area contributed by atoms with Crippen LogP contribution in [0.3, 0.4) is 0 Å². The molecule has 2 aromatic carbocycles. The first-order chi connectivity index (χ1) is 11.6. The van der Waals surface area contributed by atoms with Crippen LogP contribution in [0.4, 0.5) is 5.69 Å². The Morgan fingerprint density at radius 3 is 2.54 bits per heavy atom. The van der Waals surface area contributed by atoms with Gasteiger partial charge in [-0.1, -0.05) is 23.7 Å². The lowest BCUT2D eigenvalue weighted by molar-refractivity contribution is 0.102. The standard InChI is InChI=1S/C18H18ClN3O2/c19-14-6-4-13(5-7-14)17(23)21-15-8-1-12(2-9-15)3-10-16-11-24-18(20)22-16/h1-2,4-9,16H,3,10-11H2,(H2,20,22)(H,21,23). The highest BCUT2D eigenvalue weighted by atomic mass is 35.5. The Bertz CT molecular complexity index is 742. The third-order valence-electron chi connectivity index (χ3n) is 3.82. The minimum Gasteiger partial charge on any atom is -0.463 e. The van der Waals surface area contributed by atoms with E-state index in [9.17, 15) is 4.79 Å². The molecule has 5 nitrogen and oxygen atoms in total. The molecule has 0 aromatic heterocycles. The fourth-order valence-corrected chi connectivity index (χ4v) is 2.60. The smallest absolute Gasteiger partial charge is 0.282 e. The molecule has 24 heavy (non-hydrogen) atoms. The Labute approximate surface area is 145 Å². The first-order valence-electron chi connectivity index (χ1n) is 7.72. The molecule has 0 radical (unpaired) electrons. The van der Waals surface area contributed by atoms with Gasteiger partial charge in [-0.3, -0.25) is 4.79 Å². The van der Waals surface area contributed by atoms with Crippen LogP contribution in [0, 0.1) is 0 Å². The second kappa shape index (κ2) is 7.36. The Morgan fingerprint density at radius 1 is 1.21 bits per heavy atom. The number of hydrogen-bond acceptors (Lipinski definition) is 4. The minimum atomic E-state index is -0.160. The summed E-state index contributed by atoms with van der Waals surface area (Å²) in [5, 5.41) is 3.47. The van der Waals surface area contributed by atoms with Gasteiger partial charge < -0.3 is 15.8 Å². The lowest BCUT2D eigenvalue weighted by atomic mass is 10.1. The Hall–Kier alpha value is -2.53. The van der Waals surface area contributed by atoms with Gasteiger partial charge >= 0.3 is 0 Å². The third kappa shape index (κ3) is 4.26. The van der Waals surface area contributed by atoms with E-state index in [0.717, 1.165) is 18.5 Å². The average molecular weight is 344 g/mol. The van der Waals surface area contributed by atoms with E-state index >= 15 is 0 Å². The van der Waals surface area contributed by atoms with Crippen molar-refractivity contribution in [2.75, 3.05) is 11.9 Å². The number of aryl methyl sites for hydroxylation is 1. The number of ether oxygens (including phenoxy) is 1. The Kier molecular flexibility index (Phi) is 5.01. The Morgan fingerprint density at radius 2 is 1.92 bits per heavy atom. The lowest BCUT2D eigenvalue weighted by Gasteiger charge is -2.08. The van der Waals surface area contributed by atoms with Gasteiger partial charge in [-0.15, -0.1) is 0 Å². The van der Waals surface area contributed by atoms with Gasteiger partial charge in [0.15, 0.2) is 0 Å². The van der Waals surface area contributed by atoms with E-state index in [-0.39, 0.29) is 18.0 Å². The maximum atomic E-state index is 12.1. The minimum absolute atomic E-state index is 0.134. The van der Waals surface area contributed by atoms with Crippen LogP contribution in [0.2, 0.25) is 5.02 Å². The molecule has 0 spiro atoms. The average Bonchev–Trinajstić information content (AvgIpc) is 3.00. The second-order valence-electron chi connectivity index (χ2n) is 5.63. The molecule has 1 aliphatic rings. The first-order valence-corrected chi connectivity index (χ1v) is 8.10. The van der Waals surface area contributed by atoms with Crippen LogP contribution >= 0.6 is 11.6 Å². The van der Waals surface area contributed by atoms with Gasteiger partial charge in [-0.25, -0.2) is 4.99 Å². The SMILES string of the molecule is NC1=NC(CCc2ccc(NC(=O)c3ccc(Cl)cc3)cc2)CO1. The maximum absolute atomic E-state index is 12.1. The lowest BCUT2D eigenvalue weighted by Crippen LogP contribution is -2.11. The largest absolute Gasteiger partial charge is 0.463 e. The van der Waals surface area contributed by atoms with Crippen LogP contribution in [0.15, 0.2) is 53.5 Å². The zero-order valence-electron chi connectivity index (χ0n) is 13.0. The van der Waals surface area contributed by atoms with Crippen LogP contribution < -0.4 is 11.1 Å². The second-order valence-corrected chi connectivity index (χ2v) is 6.07. The van der Waals surface area contributed by atoms with E-state index in [1.54, 1.807) is 24.3 Å². The quantitative estimate of drug-likeness (QED) is 0.875. The molecule has 0 aliphatic carbocycles. The molecule has 0 bridgehead atoms. The van der Waals surface area contributed by atoms with Crippen molar-refractivity contribution in [3.8, 4) is 0 Å². The van der Waals surface area contributed by atoms with Crippen molar-refractivity contribution in [2.24, 2.45) is 10.7 Å². The zero-order valence-corrected chi connectivity index (χ0v) is 13.8. The van der Waals surface area contributed by atoms with Crippen LogP contribution in [-0.4, -0.2) is 24.6 Å². The summed E-state index contributed by atoms with van der Waals surface area (Å²) in [7, 11) is 0. The molecule has 1 atom stereocenters. The molecule has 1 amide bonds. The molecule has 6 heteroatoms. The highest BCUT2D eigenvalue weighted by Crippen LogP contribution is 2.16. The Balaban J connectivity index is 1.54. The molecule has 0 saturated carbocycles. The van der Waals surface area contributed by atoms with Crippen molar-refractivity contribution in [1.82, 2.24) is 0 Å². The number of aliphatic imine (C=N–C) groups is 1. The molecule has 0 saturated heterocycles. The number of carbonyl (C=O) groups excluding carboxylic acids is 1. The number of halogens is 1. The summed E-state index contributed by atoms with van der Waals surface area (Å²) in [6.07, 6.45) is 1.77. The van der Waals surface area contributed by atoms with E-state index in [1.807, 2.05) is 24.3 Å². The number of nitrogens with one attached hydrogen (secondary N) is 1. The fourth-order valence-electron chi connectivity index (χ4n) is 2.48. The van der Waals surface area contributed by atoms with Gasteiger partial charge in [-0.05, 0) is 54.8 Å². The third-order valence-corrected chi connectivity index (χ3v) is 4.07. The van der Waals surface area contributed by atoms with Crippen molar-refractivity contribution in [2.45, 2.75) is 18.9 Å². The van der Waals surface area contributed by atoms with Crippen molar-refractivity contribution in [1.29, 1.82) is 0 Å². The molecule has 1 heterocycles. The molecule has 2 aromatic rings. The predicted molar refractivity (Wildman–Crippen MR) is 95.5 cm³/mol. The highest BCUT2D eigenvalue weighted by Gasteiger charge is 2.16. The number of rotatable bonds is 5. The summed E-state index contributed by atoms with van der Waals surface area (Å²) in [5.41, 5.74) is 8.00.